The third-order valence-corrected chi connectivity index (χ3v) is 8.77. The molecule has 0 N–H and O–H groups in total. The minimum atomic E-state index is -4.76. The molecule has 0 amide bonds. The first kappa shape index (κ1) is 28.1. The Hall–Kier alpha value is -5.43. The molecule has 2 aromatic heterocycles. The molecule has 0 aliphatic carbocycles. The lowest BCUT2D eigenvalue weighted by Crippen LogP contribution is -2.12. The second-order valence-corrected chi connectivity index (χ2v) is 11.7. The van der Waals surface area contributed by atoms with E-state index in [0.717, 1.165) is 56.9 Å². The molecular formula is C39H25F5N2. The lowest BCUT2D eigenvalue weighted by atomic mass is 9.96. The van der Waals surface area contributed by atoms with Gasteiger partial charge in [-0.05, 0) is 74.5 Å². The van der Waals surface area contributed by atoms with Crippen molar-refractivity contribution in [2.24, 2.45) is 0 Å². The molecule has 0 saturated heterocycles. The molecule has 46 heavy (non-hydrogen) atoms. The number of para-hydroxylation sites is 2. The highest BCUT2D eigenvalue weighted by Gasteiger charge is 2.35. The van der Waals surface area contributed by atoms with Gasteiger partial charge in [0.25, 0.3) is 0 Å². The lowest BCUT2D eigenvalue weighted by Gasteiger charge is -2.23. The maximum atomic E-state index is 16.0. The Balaban J connectivity index is 1.65. The predicted octanol–water partition coefficient (Wildman–Crippen LogP) is 11.5. The van der Waals surface area contributed by atoms with Crippen LogP contribution in [0.4, 0.5) is 22.0 Å². The molecular weight excluding hydrogens is 591 g/mol. The zero-order valence-electron chi connectivity index (χ0n) is 24.8. The summed E-state index contributed by atoms with van der Waals surface area (Å²) in [6, 6.07) is 31.7. The van der Waals surface area contributed by atoms with Crippen molar-refractivity contribution in [1.82, 2.24) is 9.13 Å². The summed E-state index contributed by atoms with van der Waals surface area (Å²) in [4.78, 5) is 0. The van der Waals surface area contributed by atoms with E-state index in [0.29, 0.717) is 22.1 Å². The van der Waals surface area contributed by atoms with Crippen LogP contribution >= 0.6 is 0 Å². The standard InChI is InChI=1S/C39H25F5N2/c1-22-14-16-33-27(18-22)25-8-3-5-12-31(25)45(33)35-20-24(39(42,43)44)21-36(38(35)37-29(40)10-7-11-30(37)41)46-32-13-6-4-9-26(32)28-19-23(2)15-17-34(28)46/h3-21H,1-2H3. The van der Waals surface area contributed by atoms with Crippen LogP contribution in [0.1, 0.15) is 16.7 Å². The fraction of sp³-hybridized carbons (Fsp3) is 0.0769. The van der Waals surface area contributed by atoms with Crippen LogP contribution < -0.4 is 0 Å². The molecule has 0 bridgehead atoms. The third kappa shape index (κ3) is 4.15. The largest absolute Gasteiger partial charge is 0.416 e. The van der Waals surface area contributed by atoms with E-state index in [1.54, 1.807) is 21.3 Å². The van der Waals surface area contributed by atoms with Crippen molar-refractivity contribution in [2.45, 2.75) is 20.0 Å². The minimum Gasteiger partial charge on any atom is -0.309 e. The van der Waals surface area contributed by atoms with E-state index in [9.17, 15) is 13.2 Å². The molecule has 2 nitrogen and oxygen atoms in total. The van der Waals surface area contributed by atoms with Crippen LogP contribution in [0.15, 0.2) is 115 Å². The van der Waals surface area contributed by atoms with E-state index < -0.39 is 28.9 Å². The Labute approximate surface area is 260 Å². The van der Waals surface area contributed by atoms with Gasteiger partial charge in [0.1, 0.15) is 11.6 Å². The summed E-state index contributed by atoms with van der Waals surface area (Å²) in [5, 5.41) is 3.27. The van der Waals surface area contributed by atoms with Crippen molar-refractivity contribution in [1.29, 1.82) is 0 Å². The van der Waals surface area contributed by atoms with Crippen molar-refractivity contribution in [3.63, 3.8) is 0 Å². The number of aromatic nitrogens is 2. The molecule has 0 aliphatic rings. The Morgan fingerprint density at radius 2 is 0.891 bits per heavy atom. The number of hydrogen-bond donors (Lipinski definition) is 0. The van der Waals surface area contributed by atoms with E-state index in [4.69, 9.17) is 0 Å². The molecule has 0 aliphatic heterocycles. The van der Waals surface area contributed by atoms with E-state index in [1.165, 1.54) is 6.07 Å². The number of fused-ring (bicyclic) bond motifs is 6. The van der Waals surface area contributed by atoms with Gasteiger partial charge in [0, 0.05) is 27.1 Å². The van der Waals surface area contributed by atoms with Crippen LogP contribution in [0.5, 0.6) is 0 Å². The van der Waals surface area contributed by atoms with Crippen LogP contribution in [0.3, 0.4) is 0 Å². The zero-order valence-corrected chi connectivity index (χ0v) is 24.8. The van der Waals surface area contributed by atoms with Gasteiger partial charge >= 0.3 is 6.18 Å². The number of halogens is 5. The van der Waals surface area contributed by atoms with Gasteiger partial charge in [-0.3, -0.25) is 0 Å². The Bertz CT molecular complexity index is 2350. The Morgan fingerprint density at radius 3 is 1.35 bits per heavy atom. The molecule has 0 saturated carbocycles. The number of aryl methyl sites for hydroxylation is 2. The zero-order chi connectivity index (χ0) is 31.9. The number of alkyl halides is 3. The third-order valence-electron chi connectivity index (χ3n) is 8.77. The molecule has 7 heteroatoms. The maximum absolute atomic E-state index is 16.0. The normalized spacial score (nSPS) is 12.2. The number of benzene rings is 6. The van der Waals surface area contributed by atoms with E-state index >= 15 is 8.78 Å². The maximum Gasteiger partial charge on any atom is 0.416 e. The van der Waals surface area contributed by atoms with E-state index in [1.807, 2.05) is 86.6 Å². The molecule has 8 rings (SSSR count). The SMILES string of the molecule is Cc1ccc2c(c1)c1ccccc1n2-c1cc(C(F)(F)F)cc(-n2c3ccccc3c3cc(C)ccc32)c1-c1c(F)cccc1F. The average molecular weight is 617 g/mol. The number of nitrogens with zero attached hydrogens (tertiary/aromatic N) is 2. The summed E-state index contributed by atoms with van der Waals surface area (Å²) in [5.74, 6) is -1.76. The van der Waals surface area contributed by atoms with Gasteiger partial charge in [0.2, 0.25) is 0 Å². The van der Waals surface area contributed by atoms with Gasteiger partial charge in [-0.2, -0.15) is 13.2 Å². The van der Waals surface area contributed by atoms with Gasteiger partial charge in [-0.15, -0.1) is 0 Å². The van der Waals surface area contributed by atoms with Gasteiger partial charge in [-0.25, -0.2) is 8.78 Å². The fourth-order valence-corrected chi connectivity index (χ4v) is 6.81. The topological polar surface area (TPSA) is 9.86 Å². The number of rotatable bonds is 3. The summed E-state index contributed by atoms with van der Waals surface area (Å²) in [7, 11) is 0. The van der Waals surface area contributed by atoms with Crippen LogP contribution in [0.2, 0.25) is 0 Å². The Morgan fingerprint density at radius 1 is 0.457 bits per heavy atom. The van der Waals surface area contributed by atoms with Gasteiger partial charge in [0.05, 0.1) is 44.6 Å². The molecule has 0 spiro atoms. The quantitative estimate of drug-likeness (QED) is 0.175. The van der Waals surface area contributed by atoms with Crippen molar-refractivity contribution >= 4 is 43.6 Å². The van der Waals surface area contributed by atoms with Gasteiger partial charge in [0.15, 0.2) is 0 Å². The molecule has 226 valence electrons. The molecule has 8 aromatic rings. The molecule has 0 atom stereocenters. The minimum absolute atomic E-state index is 0.00931. The highest BCUT2D eigenvalue weighted by molar-refractivity contribution is 6.12. The first-order valence-electron chi connectivity index (χ1n) is 14.8. The first-order chi connectivity index (χ1) is 22.1. The van der Waals surface area contributed by atoms with E-state index in [-0.39, 0.29) is 16.9 Å². The van der Waals surface area contributed by atoms with Crippen LogP contribution in [-0.2, 0) is 6.18 Å². The van der Waals surface area contributed by atoms with Crippen molar-refractivity contribution in [3.8, 4) is 22.5 Å². The molecule has 0 radical (unpaired) electrons. The van der Waals surface area contributed by atoms with Crippen LogP contribution in [-0.4, -0.2) is 9.13 Å². The first-order valence-corrected chi connectivity index (χ1v) is 14.8. The average Bonchev–Trinajstić information content (AvgIpc) is 3.52. The summed E-state index contributed by atoms with van der Waals surface area (Å²) in [5.41, 5.74) is 3.11. The lowest BCUT2D eigenvalue weighted by molar-refractivity contribution is -0.137. The van der Waals surface area contributed by atoms with Crippen molar-refractivity contribution in [2.75, 3.05) is 0 Å². The molecule has 6 aromatic carbocycles. The highest BCUT2D eigenvalue weighted by Crippen LogP contribution is 2.46. The van der Waals surface area contributed by atoms with Gasteiger partial charge in [-0.1, -0.05) is 65.7 Å². The predicted molar refractivity (Wildman–Crippen MR) is 175 cm³/mol. The molecule has 0 unspecified atom stereocenters. The van der Waals surface area contributed by atoms with Crippen molar-refractivity contribution < 1.29 is 22.0 Å². The molecule has 2 heterocycles. The fourth-order valence-electron chi connectivity index (χ4n) is 6.81. The van der Waals surface area contributed by atoms with Crippen LogP contribution in [0.25, 0.3) is 66.1 Å². The smallest absolute Gasteiger partial charge is 0.309 e. The molecule has 0 fully saturated rings. The summed E-state index contributed by atoms with van der Waals surface area (Å²) < 4.78 is 80.1. The van der Waals surface area contributed by atoms with Gasteiger partial charge < -0.3 is 9.13 Å². The second kappa shape index (κ2) is 10.0. The van der Waals surface area contributed by atoms with Crippen LogP contribution in [0, 0.1) is 25.5 Å². The second-order valence-electron chi connectivity index (χ2n) is 11.7. The highest BCUT2D eigenvalue weighted by atomic mass is 19.4. The summed E-state index contributed by atoms with van der Waals surface area (Å²) in [6.07, 6.45) is -4.76. The number of hydrogen-bond acceptors (Lipinski definition) is 0. The van der Waals surface area contributed by atoms with Crippen molar-refractivity contribution in [3.05, 3.63) is 144 Å². The summed E-state index contributed by atoms with van der Waals surface area (Å²) >= 11 is 0. The van der Waals surface area contributed by atoms with E-state index in [2.05, 4.69) is 0 Å². The Kier molecular flexibility index (Phi) is 6.13. The summed E-state index contributed by atoms with van der Waals surface area (Å²) in [6.45, 7) is 3.89. The monoisotopic (exact) mass is 616 g/mol.